The number of hydrogen-bond donors (Lipinski definition) is 2. The van der Waals surface area contributed by atoms with Crippen molar-refractivity contribution in [3.63, 3.8) is 0 Å². The van der Waals surface area contributed by atoms with Crippen molar-refractivity contribution in [3.05, 3.63) is 35.9 Å². The van der Waals surface area contributed by atoms with E-state index in [-0.39, 0.29) is 6.61 Å². The number of hydrogen-bond acceptors (Lipinski definition) is 5. The van der Waals surface area contributed by atoms with E-state index >= 15 is 0 Å². The zero-order valence-corrected chi connectivity index (χ0v) is 9.63. The first-order chi connectivity index (χ1) is 7.65. The first-order valence-corrected chi connectivity index (χ1v) is 5.88. The largest absolute Gasteiger partial charge is 0.464 e. The van der Waals surface area contributed by atoms with Crippen LogP contribution in [-0.4, -0.2) is 22.4 Å². The highest BCUT2D eigenvalue weighted by Crippen LogP contribution is 2.34. The minimum Gasteiger partial charge on any atom is -0.464 e. The van der Waals surface area contributed by atoms with E-state index in [1.807, 2.05) is 0 Å². The van der Waals surface area contributed by atoms with Crippen molar-refractivity contribution >= 4 is 14.6 Å². The van der Waals surface area contributed by atoms with Crippen molar-refractivity contribution in [1.82, 2.24) is 0 Å². The quantitative estimate of drug-likeness (QED) is 0.606. The second-order valence-electron chi connectivity index (χ2n) is 2.90. The number of rotatable bonds is 5. The summed E-state index contributed by atoms with van der Waals surface area (Å²) in [4.78, 5) is 29.1. The Bertz CT molecular complexity index is 327. The van der Waals surface area contributed by atoms with E-state index in [9.17, 15) is 4.79 Å². The van der Waals surface area contributed by atoms with Gasteiger partial charge in [-0.3, -0.25) is 4.52 Å². The standard InChI is InChI=1S/C10H13O5P/c1-2-14-10(11)9(15-16(12)13)8-6-4-3-5-7-8/h3-7,9,12-13H,2H2,1H3/t9-/m1/s1. The molecule has 1 aromatic rings. The molecule has 0 bridgehead atoms. The molecule has 0 heterocycles. The molecule has 0 unspecified atom stereocenters. The summed E-state index contributed by atoms with van der Waals surface area (Å²) >= 11 is 0. The molecular weight excluding hydrogens is 231 g/mol. The van der Waals surface area contributed by atoms with Crippen molar-refractivity contribution in [1.29, 1.82) is 0 Å². The molecule has 5 nitrogen and oxygen atoms in total. The lowest BCUT2D eigenvalue weighted by Gasteiger charge is -2.16. The van der Waals surface area contributed by atoms with Crippen LogP contribution in [-0.2, 0) is 14.1 Å². The van der Waals surface area contributed by atoms with Crippen molar-refractivity contribution < 1.29 is 23.8 Å². The van der Waals surface area contributed by atoms with Gasteiger partial charge in [-0.1, -0.05) is 30.3 Å². The number of benzene rings is 1. The zero-order valence-electron chi connectivity index (χ0n) is 8.74. The summed E-state index contributed by atoms with van der Waals surface area (Å²) in [7, 11) is -2.61. The van der Waals surface area contributed by atoms with Gasteiger partial charge in [0, 0.05) is 0 Å². The minimum atomic E-state index is -2.61. The fraction of sp³-hybridized carbons (Fsp3) is 0.300. The highest BCUT2D eigenvalue weighted by atomic mass is 31.2. The van der Waals surface area contributed by atoms with E-state index in [0.717, 1.165) is 0 Å². The first kappa shape index (κ1) is 13.1. The van der Waals surface area contributed by atoms with Gasteiger partial charge in [0.2, 0.25) is 0 Å². The Labute approximate surface area is 94.6 Å². The number of carbonyl (C=O) groups is 1. The van der Waals surface area contributed by atoms with Gasteiger partial charge >= 0.3 is 14.6 Å². The molecule has 0 saturated carbocycles. The van der Waals surface area contributed by atoms with Crippen LogP contribution in [0.4, 0.5) is 0 Å². The Morgan fingerprint density at radius 1 is 1.38 bits per heavy atom. The monoisotopic (exact) mass is 244 g/mol. The molecule has 0 aliphatic carbocycles. The lowest BCUT2D eigenvalue weighted by Crippen LogP contribution is -2.17. The Morgan fingerprint density at radius 3 is 2.50 bits per heavy atom. The molecule has 1 aromatic carbocycles. The van der Waals surface area contributed by atoms with Crippen molar-refractivity contribution in [2.24, 2.45) is 0 Å². The molecule has 1 atom stereocenters. The van der Waals surface area contributed by atoms with Gasteiger partial charge in [-0.2, -0.15) is 0 Å². The van der Waals surface area contributed by atoms with Gasteiger partial charge in [0.25, 0.3) is 0 Å². The summed E-state index contributed by atoms with van der Waals surface area (Å²) in [6, 6.07) is 8.54. The van der Waals surface area contributed by atoms with Gasteiger partial charge in [-0.25, -0.2) is 4.79 Å². The topological polar surface area (TPSA) is 76.0 Å². The molecule has 0 radical (unpaired) electrons. The molecule has 16 heavy (non-hydrogen) atoms. The molecule has 2 N–H and O–H groups in total. The van der Waals surface area contributed by atoms with Crippen molar-refractivity contribution in [3.8, 4) is 0 Å². The molecule has 1 rings (SSSR count). The third kappa shape index (κ3) is 3.87. The van der Waals surface area contributed by atoms with E-state index in [4.69, 9.17) is 19.0 Å². The summed E-state index contributed by atoms with van der Waals surface area (Å²) in [6.07, 6.45) is -1.10. The average molecular weight is 244 g/mol. The van der Waals surface area contributed by atoms with Crippen molar-refractivity contribution in [2.75, 3.05) is 6.61 Å². The maximum absolute atomic E-state index is 11.5. The number of esters is 1. The van der Waals surface area contributed by atoms with Gasteiger partial charge in [0.15, 0.2) is 6.10 Å². The summed E-state index contributed by atoms with van der Waals surface area (Å²) in [5.74, 6) is -0.635. The second kappa shape index (κ2) is 6.55. The summed E-state index contributed by atoms with van der Waals surface area (Å²) in [5.41, 5.74) is 0.525. The van der Waals surface area contributed by atoms with E-state index in [1.165, 1.54) is 0 Å². The predicted octanol–water partition coefficient (Wildman–Crippen LogP) is 1.52. The highest BCUT2D eigenvalue weighted by molar-refractivity contribution is 7.39. The lowest BCUT2D eigenvalue weighted by molar-refractivity contribution is -0.152. The Hall–Kier alpha value is -1.00. The Balaban J connectivity index is 2.83. The smallest absolute Gasteiger partial charge is 0.340 e. The maximum Gasteiger partial charge on any atom is 0.340 e. The first-order valence-electron chi connectivity index (χ1n) is 4.71. The maximum atomic E-state index is 11.5. The molecule has 6 heteroatoms. The van der Waals surface area contributed by atoms with E-state index in [1.54, 1.807) is 37.3 Å². The van der Waals surface area contributed by atoms with Crippen LogP contribution in [0.5, 0.6) is 0 Å². The lowest BCUT2D eigenvalue weighted by atomic mass is 10.1. The Kier molecular flexibility index (Phi) is 5.35. The minimum absolute atomic E-state index is 0.209. The molecule has 0 saturated heterocycles. The van der Waals surface area contributed by atoms with Gasteiger partial charge in [-0.05, 0) is 12.5 Å². The normalized spacial score (nSPS) is 12.5. The summed E-state index contributed by atoms with van der Waals surface area (Å²) < 4.78 is 9.54. The zero-order chi connectivity index (χ0) is 12.0. The van der Waals surface area contributed by atoms with Crippen LogP contribution in [0.2, 0.25) is 0 Å². The van der Waals surface area contributed by atoms with Gasteiger partial charge in [-0.15, -0.1) is 0 Å². The van der Waals surface area contributed by atoms with E-state index in [2.05, 4.69) is 0 Å². The van der Waals surface area contributed by atoms with Gasteiger partial charge in [0.05, 0.1) is 6.61 Å². The highest BCUT2D eigenvalue weighted by Gasteiger charge is 2.25. The summed E-state index contributed by atoms with van der Waals surface area (Å²) in [5, 5.41) is 0. The third-order valence-corrected chi connectivity index (χ3v) is 2.20. The van der Waals surface area contributed by atoms with Gasteiger partial charge < -0.3 is 14.5 Å². The fourth-order valence-electron chi connectivity index (χ4n) is 1.18. The van der Waals surface area contributed by atoms with Crippen molar-refractivity contribution in [2.45, 2.75) is 13.0 Å². The SMILES string of the molecule is CCOC(=O)[C@H](OP(O)O)c1ccccc1. The van der Waals surface area contributed by atoms with Crippen LogP contribution < -0.4 is 0 Å². The third-order valence-electron chi connectivity index (χ3n) is 1.80. The molecule has 0 spiro atoms. The average Bonchev–Trinajstić information content (AvgIpc) is 2.27. The molecule has 0 aromatic heterocycles. The Morgan fingerprint density at radius 2 is 2.00 bits per heavy atom. The predicted molar refractivity (Wildman–Crippen MR) is 58.3 cm³/mol. The fourth-order valence-corrected chi connectivity index (χ4v) is 1.58. The van der Waals surface area contributed by atoms with Crippen LogP contribution in [0.3, 0.4) is 0 Å². The van der Waals surface area contributed by atoms with E-state index < -0.39 is 20.7 Å². The molecule has 0 fully saturated rings. The summed E-state index contributed by atoms with van der Waals surface area (Å²) in [6.45, 7) is 1.88. The van der Waals surface area contributed by atoms with Crippen LogP contribution in [0.25, 0.3) is 0 Å². The van der Waals surface area contributed by atoms with Gasteiger partial charge in [0.1, 0.15) is 0 Å². The molecule has 88 valence electrons. The molecule has 0 aliphatic heterocycles. The molecule has 0 amide bonds. The van der Waals surface area contributed by atoms with Crippen LogP contribution >= 0.6 is 8.60 Å². The van der Waals surface area contributed by atoms with Crippen LogP contribution in [0.15, 0.2) is 30.3 Å². The molecule has 0 aliphatic rings. The van der Waals surface area contributed by atoms with Crippen LogP contribution in [0, 0.1) is 0 Å². The van der Waals surface area contributed by atoms with E-state index in [0.29, 0.717) is 5.56 Å². The van der Waals surface area contributed by atoms with Crippen LogP contribution in [0.1, 0.15) is 18.6 Å². The number of carbonyl (C=O) groups excluding carboxylic acids is 1. The number of ether oxygens (including phenoxy) is 1. The second-order valence-corrected chi connectivity index (χ2v) is 3.62. The molecular formula is C10H13O5P.